The van der Waals surface area contributed by atoms with Crippen LogP contribution in [0.25, 0.3) is 5.69 Å². The summed E-state index contributed by atoms with van der Waals surface area (Å²) >= 11 is 0. The van der Waals surface area contributed by atoms with Gasteiger partial charge in [-0.15, -0.1) is 0 Å². The van der Waals surface area contributed by atoms with E-state index in [9.17, 15) is 9.90 Å². The van der Waals surface area contributed by atoms with Crippen molar-refractivity contribution in [1.82, 2.24) is 24.4 Å². The Balaban J connectivity index is 1.51. The molecule has 0 saturated carbocycles. The molecule has 38 heavy (non-hydrogen) atoms. The number of nitrogens with one attached hydrogen (secondary N) is 1. The Labute approximate surface area is 221 Å². The number of carbonyl (C=O) groups excluding carboxylic acids is 1. The summed E-state index contributed by atoms with van der Waals surface area (Å²) in [6.07, 6.45) is 5.27. The molecule has 0 aliphatic carbocycles. The second-order valence-electron chi connectivity index (χ2n) is 9.57. The fourth-order valence-electron chi connectivity index (χ4n) is 4.98. The monoisotopic (exact) mass is 523 g/mol. The van der Waals surface area contributed by atoms with Crippen LogP contribution in [0, 0.1) is 0 Å². The number of hydrogen-bond acceptors (Lipinski definition) is 10. The maximum absolute atomic E-state index is 13.2. The molecule has 12 heteroatoms. The van der Waals surface area contributed by atoms with E-state index in [1.54, 1.807) is 32.6 Å². The third kappa shape index (κ3) is 4.44. The van der Waals surface area contributed by atoms with Crippen LogP contribution >= 0.6 is 0 Å². The van der Waals surface area contributed by atoms with Crippen LogP contribution in [0.3, 0.4) is 0 Å². The number of rotatable bonds is 9. The van der Waals surface area contributed by atoms with Crippen LogP contribution in [-0.2, 0) is 6.54 Å². The van der Waals surface area contributed by atoms with Gasteiger partial charge in [0.15, 0.2) is 11.5 Å². The van der Waals surface area contributed by atoms with Crippen molar-refractivity contribution in [2.75, 3.05) is 44.7 Å². The minimum atomic E-state index is -0.121. The van der Waals surface area contributed by atoms with E-state index < -0.39 is 0 Å². The Bertz CT molecular complexity index is 1320. The molecule has 0 radical (unpaired) electrons. The lowest BCUT2D eigenvalue weighted by molar-refractivity contribution is 0.0726. The number of aliphatic hydroxyl groups excluding tert-OH is 1. The summed E-state index contributed by atoms with van der Waals surface area (Å²) in [6, 6.07) is 3.60. The van der Waals surface area contributed by atoms with Gasteiger partial charge in [-0.1, -0.05) is 0 Å². The minimum absolute atomic E-state index is 0.00840. The molecule has 5 rings (SSSR count). The highest BCUT2D eigenvalue weighted by atomic mass is 16.5. The summed E-state index contributed by atoms with van der Waals surface area (Å²) < 4.78 is 18.2. The topological polar surface area (TPSA) is 127 Å². The molecule has 1 fully saturated rings. The Morgan fingerprint density at radius 3 is 2.50 bits per heavy atom. The number of imidazole rings is 1. The molecule has 0 spiro atoms. The van der Waals surface area contributed by atoms with E-state index in [1.807, 2.05) is 41.6 Å². The van der Waals surface area contributed by atoms with Crippen molar-refractivity contribution in [2.24, 2.45) is 0 Å². The number of anilines is 3. The molecule has 2 aliphatic rings. The Hall–Kier alpha value is -4.06. The lowest BCUT2D eigenvalue weighted by Gasteiger charge is -2.24. The van der Waals surface area contributed by atoms with Gasteiger partial charge in [0.1, 0.15) is 23.7 Å². The highest BCUT2D eigenvalue weighted by Crippen LogP contribution is 2.39. The summed E-state index contributed by atoms with van der Waals surface area (Å²) in [6.45, 7) is 5.10. The molecule has 0 bridgehead atoms. The van der Waals surface area contributed by atoms with Gasteiger partial charge in [0.25, 0.3) is 5.91 Å². The molecule has 1 atom stereocenters. The predicted octanol–water partition coefficient (Wildman–Crippen LogP) is 2.76. The molecule has 1 saturated heterocycles. The largest absolute Gasteiger partial charge is 0.493 e. The maximum atomic E-state index is 13.2. The number of carbonyl (C=O) groups is 1. The molecule has 202 valence electrons. The normalized spacial score (nSPS) is 16.8. The summed E-state index contributed by atoms with van der Waals surface area (Å²) in [5.41, 5.74) is 1.88. The van der Waals surface area contributed by atoms with Crippen LogP contribution in [-0.4, -0.2) is 82.0 Å². The van der Waals surface area contributed by atoms with Gasteiger partial charge in [0, 0.05) is 30.3 Å². The van der Waals surface area contributed by atoms with Crippen molar-refractivity contribution in [3.63, 3.8) is 0 Å². The first-order chi connectivity index (χ1) is 18.4. The van der Waals surface area contributed by atoms with E-state index in [-0.39, 0.29) is 24.6 Å². The number of benzene rings is 1. The fourth-order valence-corrected chi connectivity index (χ4v) is 4.98. The maximum Gasteiger partial charge on any atom is 0.273 e. The van der Waals surface area contributed by atoms with Crippen LogP contribution in [0.5, 0.6) is 17.2 Å². The van der Waals surface area contributed by atoms with Gasteiger partial charge in [0.05, 0.1) is 52.4 Å². The van der Waals surface area contributed by atoms with Crippen LogP contribution in [0.15, 0.2) is 24.7 Å². The minimum Gasteiger partial charge on any atom is -0.493 e. The second kappa shape index (κ2) is 10.4. The average molecular weight is 524 g/mol. The molecular weight excluding hydrogens is 490 g/mol. The van der Waals surface area contributed by atoms with E-state index in [0.717, 1.165) is 30.6 Å². The van der Waals surface area contributed by atoms with Gasteiger partial charge >= 0.3 is 0 Å². The Kier molecular flexibility index (Phi) is 6.98. The van der Waals surface area contributed by atoms with Crippen molar-refractivity contribution < 1.29 is 24.1 Å². The van der Waals surface area contributed by atoms with Crippen LogP contribution in [0.1, 0.15) is 42.7 Å². The molecule has 1 unspecified atom stereocenters. The first kappa shape index (κ1) is 25.6. The number of fused-ring (bicyclic) bond motifs is 1. The molecule has 2 aliphatic heterocycles. The smallest absolute Gasteiger partial charge is 0.273 e. The van der Waals surface area contributed by atoms with E-state index in [2.05, 4.69) is 15.3 Å². The van der Waals surface area contributed by atoms with E-state index in [1.165, 1.54) is 0 Å². The van der Waals surface area contributed by atoms with Gasteiger partial charge in [-0.3, -0.25) is 4.79 Å². The van der Waals surface area contributed by atoms with Crippen molar-refractivity contribution in [1.29, 1.82) is 0 Å². The first-order valence-corrected chi connectivity index (χ1v) is 12.6. The Morgan fingerprint density at radius 2 is 1.87 bits per heavy atom. The van der Waals surface area contributed by atoms with Gasteiger partial charge < -0.3 is 39.0 Å². The fraction of sp³-hybridized carbons (Fsp3) is 0.462. The van der Waals surface area contributed by atoms with Crippen molar-refractivity contribution in [3.8, 4) is 22.9 Å². The number of methoxy groups -OCH3 is 3. The first-order valence-electron chi connectivity index (χ1n) is 12.6. The van der Waals surface area contributed by atoms with Gasteiger partial charge in [-0.25, -0.2) is 9.97 Å². The van der Waals surface area contributed by atoms with E-state index >= 15 is 0 Å². The molecular formula is C26H33N7O5. The molecule has 2 aromatic heterocycles. The van der Waals surface area contributed by atoms with Crippen molar-refractivity contribution in [2.45, 2.75) is 45.3 Å². The zero-order valence-corrected chi connectivity index (χ0v) is 22.3. The van der Waals surface area contributed by atoms with E-state index in [0.29, 0.717) is 47.1 Å². The third-order valence-corrected chi connectivity index (χ3v) is 7.03. The summed E-state index contributed by atoms with van der Waals surface area (Å²) in [7, 11) is 4.70. The van der Waals surface area contributed by atoms with Gasteiger partial charge in [-0.05, 0) is 26.7 Å². The number of amides is 1. The summed E-state index contributed by atoms with van der Waals surface area (Å²) in [5, 5.41) is 13.2. The lowest BCUT2D eigenvalue weighted by atomic mass is 10.2. The molecule has 2 N–H and O–H groups in total. The van der Waals surface area contributed by atoms with Crippen LogP contribution in [0.4, 0.5) is 17.6 Å². The Morgan fingerprint density at radius 1 is 1.13 bits per heavy atom. The van der Waals surface area contributed by atoms with Gasteiger partial charge in [-0.2, -0.15) is 4.98 Å². The van der Waals surface area contributed by atoms with Crippen LogP contribution < -0.4 is 24.4 Å². The number of hydrogen-bond donors (Lipinski definition) is 2. The number of aromatic nitrogens is 4. The number of aliphatic hydroxyl groups is 1. The zero-order valence-electron chi connectivity index (χ0n) is 22.3. The van der Waals surface area contributed by atoms with E-state index in [4.69, 9.17) is 19.2 Å². The molecule has 3 aromatic rings. The van der Waals surface area contributed by atoms with Crippen LogP contribution in [0.2, 0.25) is 0 Å². The highest BCUT2D eigenvalue weighted by Gasteiger charge is 2.36. The second-order valence-corrected chi connectivity index (χ2v) is 9.57. The van der Waals surface area contributed by atoms with Crippen molar-refractivity contribution >= 4 is 23.5 Å². The third-order valence-electron chi connectivity index (χ3n) is 7.03. The molecule has 1 amide bonds. The number of ether oxygens (including phenoxy) is 3. The molecule has 4 heterocycles. The lowest BCUT2D eigenvalue weighted by Crippen LogP contribution is -2.34. The summed E-state index contributed by atoms with van der Waals surface area (Å²) in [5.74, 6) is 2.94. The predicted molar refractivity (Wildman–Crippen MR) is 141 cm³/mol. The SMILES string of the molecule is COc1cc(-n2cnc(Nc3nc(N4CCCC4CO)nc4c3CN(C(C)C)C4=O)c2)cc(OC)c1OC. The summed E-state index contributed by atoms with van der Waals surface area (Å²) in [4.78, 5) is 31.0. The van der Waals surface area contributed by atoms with Crippen molar-refractivity contribution in [3.05, 3.63) is 35.9 Å². The molecule has 1 aromatic carbocycles. The standard InChI is InChI=1S/C26H33N7O5/c1-15(2)33-11-18-22(25(33)35)29-26(32-8-6-7-16(32)13-34)30-24(18)28-21-12-31(14-27-21)17-9-19(36-3)23(38-5)20(10-17)37-4/h9-10,12,14-16,34H,6-8,11,13H2,1-5H3,(H,28,29,30). The number of nitrogens with zero attached hydrogens (tertiary/aromatic N) is 6. The quantitative estimate of drug-likeness (QED) is 0.432. The average Bonchev–Trinajstić information content (AvgIpc) is 3.67. The van der Waals surface area contributed by atoms with Gasteiger partial charge in [0.2, 0.25) is 11.7 Å². The molecule has 12 nitrogen and oxygen atoms in total. The highest BCUT2D eigenvalue weighted by molar-refractivity contribution is 5.98. The zero-order chi connectivity index (χ0) is 27.0.